The van der Waals surface area contributed by atoms with Gasteiger partial charge < -0.3 is 15.0 Å². The van der Waals surface area contributed by atoms with Gasteiger partial charge in [-0.05, 0) is 67.9 Å². The molecule has 144 valence electrons. The summed E-state index contributed by atoms with van der Waals surface area (Å²) in [4.78, 5) is 28.5. The molecule has 1 aliphatic rings. The molecule has 3 aromatic rings. The number of hydrogen-bond donors (Lipinski definition) is 2. The van der Waals surface area contributed by atoms with E-state index in [1.165, 1.54) is 0 Å². The largest absolute Gasteiger partial charge is 0.376 e. The Balaban J connectivity index is 1.64. The molecule has 1 aliphatic heterocycles. The molecule has 1 atom stereocenters. The standard InChI is InChI=1S/C21H21N3O3S/c1-13-4-2-5-15(10-13)22-19(25)14-7-8-17-18(11-14)23-21(28)24(20(17)26)12-16-6-3-9-27-16/h2,4-5,7-8,10-11,16H,3,6,9,12H2,1H3,(H,22,25)(H,23,28)/t16-/m1/s1. The number of carbonyl (C=O) groups excluding carboxylic acids is 1. The van der Waals surface area contributed by atoms with Crippen molar-refractivity contribution in [1.29, 1.82) is 0 Å². The van der Waals surface area contributed by atoms with Gasteiger partial charge >= 0.3 is 0 Å². The normalized spacial score (nSPS) is 16.4. The number of nitrogens with zero attached hydrogens (tertiary/aromatic N) is 1. The van der Waals surface area contributed by atoms with Crippen LogP contribution in [0.1, 0.15) is 28.8 Å². The molecule has 0 bridgehead atoms. The third-order valence-electron chi connectivity index (χ3n) is 4.93. The molecule has 1 fully saturated rings. The SMILES string of the molecule is Cc1cccc(NC(=O)c2ccc3c(=O)n(C[C@H]4CCCO4)c(=S)[nH]c3c2)c1. The number of carbonyl (C=O) groups is 1. The van der Waals surface area contributed by atoms with Gasteiger partial charge in [0.15, 0.2) is 4.77 Å². The first-order chi connectivity index (χ1) is 13.5. The fraction of sp³-hybridized carbons (Fsp3) is 0.286. The molecule has 0 aliphatic carbocycles. The van der Waals surface area contributed by atoms with Crippen LogP contribution >= 0.6 is 12.2 Å². The van der Waals surface area contributed by atoms with Crippen LogP contribution in [0.4, 0.5) is 5.69 Å². The maximum absolute atomic E-state index is 12.9. The maximum Gasteiger partial charge on any atom is 0.262 e. The second-order valence-corrected chi connectivity index (χ2v) is 7.45. The summed E-state index contributed by atoms with van der Waals surface area (Å²) in [5.41, 5.74) is 2.63. The molecule has 6 nitrogen and oxygen atoms in total. The molecule has 1 aromatic heterocycles. The zero-order valence-corrected chi connectivity index (χ0v) is 16.3. The fourth-order valence-electron chi connectivity index (χ4n) is 3.48. The monoisotopic (exact) mass is 395 g/mol. The average molecular weight is 395 g/mol. The molecule has 2 N–H and O–H groups in total. The molecule has 4 rings (SSSR count). The lowest BCUT2D eigenvalue weighted by Gasteiger charge is -2.13. The van der Waals surface area contributed by atoms with Crippen molar-refractivity contribution < 1.29 is 9.53 Å². The van der Waals surface area contributed by atoms with Crippen LogP contribution in [0, 0.1) is 11.7 Å². The first-order valence-electron chi connectivity index (χ1n) is 9.28. The van der Waals surface area contributed by atoms with Crippen LogP contribution in [0.2, 0.25) is 0 Å². The molecule has 0 saturated carbocycles. The number of H-pyrrole nitrogens is 1. The van der Waals surface area contributed by atoms with E-state index in [4.69, 9.17) is 17.0 Å². The second-order valence-electron chi connectivity index (χ2n) is 7.06. The lowest BCUT2D eigenvalue weighted by molar-refractivity contribution is 0.0957. The Bertz CT molecular complexity index is 1160. The van der Waals surface area contributed by atoms with E-state index in [1.807, 2.05) is 31.2 Å². The van der Waals surface area contributed by atoms with Crippen molar-refractivity contribution in [3.8, 4) is 0 Å². The van der Waals surface area contributed by atoms with Crippen molar-refractivity contribution in [3.05, 3.63) is 68.7 Å². The number of rotatable bonds is 4. The molecule has 1 amide bonds. The summed E-state index contributed by atoms with van der Waals surface area (Å²) < 4.78 is 7.50. The minimum absolute atomic E-state index is 0.0182. The minimum atomic E-state index is -0.240. The van der Waals surface area contributed by atoms with Gasteiger partial charge in [0.1, 0.15) is 0 Å². The molecule has 2 heterocycles. The van der Waals surface area contributed by atoms with E-state index >= 15 is 0 Å². The molecule has 0 spiro atoms. The predicted molar refractivity (Wildman–Crippen MR) is 111 cm³/mol. The van der Waals surface area contributed by atoms with Gasteiger partial charge in [-0.15, -0.1) is 0 Å². The van der Waals surface area contributed by atoms with Gasteiger partial charge in [0.2, 0.25) is 0 Å². The molecule has 0 unspecified atom stereocenters. The highest BCUT2D eigenvalue weighted by Crippen LogP contribution is 2.17. The summed E-state index contributed by atoms with van der Waals surface area (Å²) >= 11 is 5.38. The predicted octanol–water partition coefficient (Wildman–Crippen LogP) is 3.80. The number of hydrogen-bond acceptors (Lipinski definition) is 4. The second kappa shape index (κ2) is 7.69. The van der Waals surface area contributed by atoms with Crippen LogP contribution in [-0.4, -0.2) is 28.2 Å². The number of anilines is 1. The highest BCUT2D eigenvalue weighted by Gasteiger charge is 2.18. The molecule has 2 aromatic carbocycles. The van der Waals surface area contributed by atoms with Crippen molar-refractivity contribution >= 4 is 34.7 Å². The smallest absolute Gasteiger partial charge is 0.262 e. The van der Waals surface area contributed by atoms with Crippen LogP contribution in [-0.2, 0) is 11.3 Å². The summed E-state index contributed by atoms with van der Waals surface area (Å²) in [6.45, 7) is 3.13. The van der Waals surface area contributed by atoms with Gasteiger partial charge in [0.25, 0.3) is 11.5 Å². The summed E-state index contributed by atoms with van der Waals surface area (Å²) in [5, 5.41) is 3.37. The number of fused-ring (bicyclic) bond motifs is 1. The molecule has 28 heavy (non-hydrogen) atoms. The Morgan fingerprint density at radius 2 is 2.18 bits per heavy atom. The number of aryl methyl sites for hydroxylation is 1. The van der Waals surface area contributed by atoms with E-state index in [0.29, 0.717) is 27.8 Å². The Hall–Kier alpha value is -2.77. The maximum atomic E-state index is 12.9. The third kappa shape index (κ3) is 3.76. The van der Waals surface area contributed by atoms with E-state index in [0.717, 1.165) is 30.7 Å². The van der Waals surface area contributed by atoms with E-state index in [2.05, 4.69) is 10.3 Å². The number of ether oxygens (including phenoxy) is 1. The Morgan fingerprint density at radius 1 is 1.32 bits per heavy atom. The van der Waals surface area contributed by atoms with Crippen molar-refractivity contribution in [2.45, 2.75) is 32.4 Å². The highest BCUT2D eigenvalue weighted by molar-refractivity contribution is 7.71. The van der Waals surface area contributed by atoms with E-state index in [9.17, 15) is 9.59 Å². The summed E-state index contributed by atoms with van der Waals surface area (Å²) in [6, 6.07) is 12.6. The van der Waals surface area contributed by atoms with Gasteiger partial charge in [-0.2, -0.15) is 0 Å². The van der Waals surface area contributed by atoms with Crippen LogP contribution in [0.25, 0.3) is 10.9 Å². The van der Waals surface area contributed by atoms with E-state index in [-0.39, 0.29) is 17.6 Å². The average Bonchev–Trinajstić information content (AvgIpc) is 3.18. The van der Waals surface area contributed by atoms with Gasteiger partial charge in [-0.1, -0.05) is 12.1 Å². The number of amides is 1. The first-order valence-corrected chi connectivity index (χ1v) is 9.68. The first kappa shape index (κ1) is 18.6. The molecule has 0 radical (unpaired) electrons. The number of nitrogens with one attached hydrogen (secondary N) is 2. The Kier molecular flexibility index (Phi) is 5.11. The quantitative estimate of drug-likeness (QED) is 0.659. The molecule has 1 saturated heterocycles. The Labute approximate surface area is 167 Å². The van der Waals surface area contributed by atoms with Gasteiger partial charge in [-0.25, -0.2) is 0 Å². The Morgan fingerprint density at radius 3 is 2.93 bits per heavy atom. The molecular formula is C21H21N3O3S. The molecular weight excluding hydrogens is 374 g/mol. The number of benzene rings is 2. The lowest BCUT2D eigenvalue weighted by atomic mass is 10.1. The summed E-state index contributed by atoms with van der Waals surface area (Å²) in [6.07, 6.45) is 1.95. The minimum Gasteiger partial charge on any atom is -0.376 e. The van der Waals surface area contributed by atoms with E-state index in [1.54, 1.807) is 22.8 Å². The zero-order valence-electron chi connectivity index (χ0n) is 15.5. The van der Waals surface area contributed by atoms with Gasteiger partial charge in [-0.3, -0.25) is 14.2 Å². The van der Waals surface area contributed by atoms with Crippen LogP contribution in [0.3, 0.4) is 0 Å². The topological polar surface area (TPSA) is 76.1 Å². The van der Waals surface area contributed by atoms with Crippen LogP contribution < -0.4 is 10.9 Å². The van der Waals surface area contributed by atoms with Crippen molar-refractivity contribution in [2.75, 3.05) is 11.9 Å². The van der Waals surface area contributed by atoms with Crippen molar-refractivity contribution in [2.24, 2.45) is 0 Å². The van der Waals surface area contributed by atoms with Crippen LogP contribution in [0.15, 0.2) is 47.3 Å². The van der Waals surface area contributed by atoms with Crippen molar-refractivity contribution in [3.63, 3.8) is 0 Å². The third-order valence-corrected chi connectivity index (χ3v) is 5.25. The van der Waals surface area contributed by atoms with Crippen LogP contribution in [0.5, 0.6) is 0 Å². The number of aromatic amines is 1. The van der Waals surface area contributed by atoms with Crippen molar-refractivity contribution in [1.82, 2.24) is 9.55 Å². The number of aromatic nitrogens is 2. The highest BCUT2D eigenvalue weighted by atomic mass is 32.1. The summed E-state index contributed by atoms with van der Waals surface area (Å²) in [7, 11) is 0. The fourth-order valence-corrected chi connectivity index (χ4v) is 3.75. The molecule has 7 heteroatoms. The van der Waals surface area contributed by atoms with E-state index < -0.39 is 0 Å². The van der Waals surface area contributed by atoms with Gasteiger partial charge in [0.05, 0.1) is 23.6 Å². The lowest BCUT2D eigenvalue weighted by Crippen LogP contribution is -2.28. The van der Waals surface area contributed by atoms with Gasteiger partial charge in [0, 0.05) is 17.9 Å². The summed E-state index contributed by atoms with van der Waals surface area (Å²) in [5.74, 6) is -0.240. The zero-order chi connectivity index (χ0) is 19.7.